The summed E-state index contributed by atoms with van der Waals surface area (Å²) in [5, 5.41) is 3.21. The van der Waals surface area contributed by atoms with Crippen molar-refractivity contribution in [1.29, 1.82) is 0 Å². The van der Waals surface area contributed by atoms with Gasteiger partial charge in [0.25, 0.3) is 0 Å². The molecule has 1 N–H and O–H groups in total. The van der Waals surface area contributed by atoms with Crippen LogP contribution in [0.15, 0.2) is 0 Å². The number of hydrogen-bond donors (Lipinski definition) is 1. The maximum Gasteiger partial charge on any atom is 0.225 e. The lowest BCUT2D eigenvalue weighted by atomic mass is 9.83. The third-order valence-corrected chi connectivity index (χ3v) is 4.47. The molecule has 2 saturated carbocycles. The number of carbonyl (C=O) groups excluding carboxylic acids is 1. The predicted octanol–water partition coefficient (Wildman–Crippen LogP) is 2.97. The zero-order valence-corrected chi connectivity index (χ0v) is 11.0. The van der Waals surface area contributed by atoms with E-state index in [4.69, 9.17) is 0 Å². The molecule has 2 rings (SSSR count). The molecule has 4 atom stereocenters. The van der Waals surface area contributed by atoms with Gasteiger partial charge >= 0.3 is 0 Å². The highest BCUT2D eigenvalue weighted by Crippen LogP contribution is 2.49. The highest BCUT2D eigenvalue weighted by atomic mass is 16.2. The van der Waals surface area contributed by atoms with Crippen LogP contribution in [0.5, 0.6) is 0 Å². The second kappa shape index (κ2) is 4.05. The highest BCUT2D eigenvalue weighted by molar-refractivity contribution is 5.81. The van der Waals surface area contributed by atoms with E-state index in [-0.39, 0.29) is 11.3 Å². The van der Waals surface area contributed by atoms with Crippen molar-refractivity contribution in [3.8, 4) is 0 Å². The maximum absolute atomic E-state index is 11.9. The molecular weight excluding hydrogens is 198 g/mol. The van der Waals surface area contributed by atoms with E-state index in [9.17, 15) is 4.79 Å². The molecule has 0 aromatic rings. The summed E-state index contributed by atoms with van der Waals surface area (Å²) >= 11 is 0. The molecule has 0 radical (unpaired) electrons. The lowest BCUT2D eigenvalue weighted by Gasteiger charge is -2.30. The highest BCUT2D eigenvalue weighted by Gasteiger charge is 2.42. The Hall–Kier alpha value is -0.530. The van der Waals surface area contributed by atoms with Crippen molar-refractivity contribution in [3.05, 3.63) is 0 Å². The summed E-state index contributed by atoms with van der Waals surface area (Å²) < 4.78 is 0. The van der Waals surface area contributed by atoms with Crippen LogP contribution in [0.2, 0.25) is 0 Å². The molecule has 0 aromatic carbocycles. The molecule has 2 aliphatic rings. The SMILES string of the molecule is C[C@H](NC(=O)C(C)(C)C)[C@H]1C[C@@H]2CC[C@@H]1C2. The molecule has 2 nitrogen and oxygen atoms in total. The number of rotatable bonds is 2. The van der Waals surface area contributed by atoms with E-state index in [1.165, 1.54) is 25.7 Å². The summed E-state index contributed by atoms with van der Waals surface area (Å²) in [6.07, 6.45) is 5.59. The van der Waals surface area contributed by atoms with Crippen molar-refractivity contribution >= 4 is 5.91 Å². The topological polar surface area (TPSA) is 29.1 Å². The van der Waals surface area contributed by atoms with Crippen LogP contribution in [0, 0.1) is 23.2 Å². The smallest absolute Gasteiger partial charge is 0.225 e. The van der Waals surface area contributed by atoms with Crippen molar-refractivity contribution < 1.29 is 4.79 Å². The zero-order valence-electron chi connectivity index (χ0n) is 11.0. The summed E-state index contributed by atoms with van der Waals surface area (Å²) in [5.74, 6) is 2.79. The average Bonchev–Trinajstić information content (AvgIpc) is 2.76. The molecule has 0 unspecified atom stereocenters. The van der Waals surface area contributed by atoms with Gasteiger partial charge in [0.15, 0.2) is 0 Å². The minimum atomic E-state index is -0.258. The number of amides is 1. The van der Waals surface area contributed by atoms with Crippen LogP contribution in [0.4, 0.5) is 0 Å². The molecule has 0 saturated heterocycles. The third kappa shape index (κ3) is 2.26. The van der Waals surface area contributed by atoms with Crippen LogP contribution in [-0.4, -0.2) is 11.9 Å². The second-order valence-electron chi connectivity index (χ2n) is 6.85. The second-order valence-corrected chi connectivity index (χ2v) is 6.85. The van der Waals surface area contributed by atoms with Crippen LogP contribution in [-0.2, 0) is 4.79 Å². The molecule has 0 aromatic heterocycles. The molecular formula is C14H25NO. The largest absolute Gasteiger partial charge is 0.353 e. The Bertz CT molecular complexity index is 279. The first kappa shape index (κ1) is 11.9. The molecule has 2 aliphatic carbocycles. The average molecular weight is 223 g/mol. The third-order valence-electron chi connectivity index (χ3n) is 4.47. The summed E-state index contributed by atoms with van der Waals surface area (Å²) in [7, 11) is 0. The number of nitrogens with one attached hydrogen (secondary N) is 1. The first-order valence-electron chi connectivity index (χ1n) is 6.69. The van der Waals surface area contributed by atoms with Crippen LogP contribution >= 0.6 is 0 Å². The first-order chi connectivity index (χ1) is 7.38. The standard InChI is InChI=1S/C14H25NO/c1-9(15-13(16)14(2,3)4)12-8-10-5-6-11(12)7-10/h9-12H,5-8H2,1-4H3,(H,15,16)/t9-,10+,11+,12+/m0/s1. The molecule has 0 spiro atoms. The lowest BCUT2D eigenvalue weighted by Crippen LogP contribution is -2.44. The van der Waals surface area contributed by atoms with Crippen LogP contribution in [0.1, 0.15) is 53.4 Å². The molecule has 0 aliphatic heterocycles. The Morgan fingerprint density at radius 2 is 1.94 bits per heavy atom. The van der Waals surface area contributed by atoms with Gasteiger partial charge in [0.05, 0.1) is 0 Å². The van der Waals surface area contributed by atoms with Gasteiger partial charge in [-0.1, -0.05) is 27.2 Å². The predicted molar refractivity (Wildman–Crippen MR) is 66.0 cm³/mol. The van der Waals surface area contributed by atoms with Crippen LogP contribution in [0.25, 0.3) is 0 Å². The fraction of sp³-hybridized carbons (Fsp3) is 0.929. The van der Waals surface area contributed by atoms with Gasteiger partial charge in [-0.25, -0.2) is 0 Å². The van der Waals surface area contributed by atoms with Crippen molar-refractivity contribution in [3.63, 3.8) is 0 Å². The van der Waals surface area contributed by atoms with E-state index in [0.717, 1.165) is 17.8 Å². The molecule has 2 fully saturated rings. The quantitative estimate of drug-likeness (QED) is 0.766. The van der Waals surface area contributed by atoms with E-state index in [1.54, 1.807) is 0 Å². The van der Waals surface area contributed by atoms with E-state index in [2.05, 4.69) is 12.2 Å². The Balaban J connectivity index is 1.89. The zero-order chi connectivity index (χ0) is 11.9. The Morgan fingerprint density at radius 1 is 1.25 bits per heavy atom. The van der Waals surface area contributed by atoms with E-state index < -0.39 is 0 Å². The molecule has 92 valence electrons. The number of hydrogen-bond acceptors (Lipinski definition) is 1. The van der Waals surface area contributed by atoms with Gasteiger partial charge in [0.1, 0.15) is 0 Å². The van der Waals surface area contributed by atoms with Crippen molar-refractivity contribution in [2.24, 2.45) is 23.2 Å². The van der Waals surface area contributed by atoms with Crippen molar-refractivity contribution in [2.45, 2.75) is 59.4 Å². The van der Waals surface area contributed by atoms with E-state index in [0.29, 0.717) is 6.04 Å². The maximum atomic E-state index is 11.9. The van der Waals surface area contributed by atoms with Crippen LogP contribution in [0.3, 0.4) is 0 Å². The summed E-state index contributed by atoms with van der Waals surface area (Å²) in [6, 6.07) is 0.363. The van der Waals surface area contributed by atoms with Crippen molar-refractivity contribution in [2.75, 3.05) is 0 Å². The minimum Gasteiger partial charge on any atom is -0.353 e. The summed E-state index contributed by atoms with van der Waals surface area (Å²) in [4.78, 5) is 11.9. The van der Waals surface area contributed by atoms with Gasteiger partial charge in [-0.15, -0.1) is 0 Å². The summed E-state index contributed by atoms with van der Waals surface area (Å²) in [5.41, 5.74) is -0.258. The fourth-order valence-electron chi connectivity index (χ4n) is 3.44. The fourth-order valence-corrected chi connectivity index (χ4v) is 3.44. The van der Waals surface area contributed by atoms with Gasteiger partial charge in [0, 0.05) is 11.5 Å². The van der Waals surface area contributed by atoms with Gasteiger partial charge in [-0.3, -0.25) is 4.79 Å². The van der Waals surface area contributed by atoms with Crippen molar-refractivity contribution in [1.82, 2.24) is 5.32 Å². The van der Waals surface area contributed by atoms with Gasteiger partial charge in [-0.2, -0.15) is 0 Å². The number of fused-ring (bicyclic) bond motifs is 2. The summed E-state index contributed by atoms with van der Waals surface area (Å²) in [6.45, 7) is 8.14. The Morgan fingerprint density at radius 3 is 2.38 bits per heavy atom. The van der Waals surface area contributed by atoms with Gasteiger partial charge < -0.3 is 5.32 Å². The molecule has 2 heteroatoms. The van der Waals surface area contributed by atoms with Gasteiger partial charge in [-0.05, 0) is 43.9 Å². The molecule has 16 heavy (non-hydrogen) atoms. The monoisotopic (exact) mass is 223 g/mol. The Kier molecular flexibility index (Phi) is 3.02. The van der Waals surface area contributed by atoms with Gasteiger partial charge in [0.2, 0.25) is 5.91 Å². The lowest BCUT2D eigenvalue weighted by molar-refractivity contribution is -0.129. The molecule has 1 amide bonds. The normalized spacial score (nSPS) is 35.1. The first-order valence-corrected chi connectivity index (χ1v) is 6.69. The Labute approximate surface area is 99.2 Å². The number of carbonyl (C=O) groups is 1. The minimum absolute atomic E-state index is 0.197. The van der Waals surface area contributed by atoms with Crippen LogP contribution < -0.4 is 5.32 Å². The van der Waals surface area contributed by atoms with E-state index in [1.807, 2.05) is 20.8 Å². The molecule has 0 heterocycles. The van der Waals surface area contributed by atoms with E-state index >= 15 is 0 Å². The molecule has 2 bridgehead atoms.